The summed E-state index contributed by atoms with van der Waals surface area (Å²) in [6.07, 6.45) is 0. The minimum Gasteiger partial charge on any atom is -0.506 e. The molecule has 0 aliphatic carbocycles. The molecule has 3 rings (SSSR count). The zero-order valence-electron chi connectivity index (χ0n) is 9.88. The number of fused-ring (bicyclic) bond motifs is 3. The lowest BCUT2D eigenvalue weighted by Gasteiger charge is -2.04. The number of amides is 1. The average Bonchev–Trinajstić information content (AvgIpc) is 2.37. The second-order valence-corrected chi connectivity index (χ2v) is 4.07. The van der Waals surface area contributed by atoms with Crippen molar-refractivity contribution in [2.24, 2.45) is 5.73 Å². The van der Waals surface area contributed by atoms with Crippen molar-refractivity contribution in [1.82, 2.24) is 0 Å². The van der Waals surface area contributed by atoms with Crippen molar-refractivity contribution in [3.63, 3.8) is 0 Å². The monoisotopic (exact) mass is 273 g/mol. The lowest BCUT2D eigenvalue weighted by atomic mass is 10.1. The van der Waals surface area contributed by atoms with Gasteiger partial charge in [0, 0.05) is 0 Å². The number of para-hydroxylation sites is 1. The first-order chi connectivity index (χ1) is 9.50. The van der Waals surface area contributed by atoms with Gasteiger partial charge in [0.2, 0.25) is 0 Å². The molecule has 0 aliphatic rings. The van der Waals surface area contributed by atoms with E-state index in [0.29, 0.717) is 5.39 Å². The molecule has 0 spiro atoms. The summed E-state index contributed by atoms with van der Waals surface area (Å²) in [5, 5.41) is 9.85. The molecule has 3 aromatic rings. The summed E-state index contributed by atoms with van der Waals surface area (Å²) >= 11 is 0. The Kier molecular flexibility index (Phi) is 2.37. The number of benzene rings is 1. The van der Waals surface area contributed by atoms with E-state index in [4.69, 9.17) is 14.6 Å². The van der Waals surface area contributed by atoms with Gasteiger partial charge in [-0.25, -0.2) is 9.59 Å². The molecule has 0 atom stereocenters. The Morgan fingerprint density at radius 2 is 1.80 bits per heavy atom. The zero-order valence-corrected chi connectivity index (χ0v) is 9.88. The van der Waals surface area contributed by atoms with E-state index < -0.39 is 33.9 Å². The van der Waals surface area contributed by atoms with Crippen LogP contribution in [0, 0.1) is 0 Å². The van der Waals surface area contributed by atoms with Gasteiger partial charge >= 0.3 is 11.3 Å². The minimum atomic E-state index is -1.19. The van der Waals surface area contributed by atoms with Crippen molar-refractivity contribution in [3.05, 3.63) is 50.7 Å². The molecule has 2 heterocycles. The van der Waals surface area contributed by atoms with Crippen molar-refractivity contribution < 1.29 is 18.7 Å². The number of nitrogens with two attached hydrogens (primary N) is 1. The quantitative estimate of drug-likeness (QED) is 0.497. The van der Waals surface area contributed by atoms with Crippen molar-refractivity contribution in [3.8, 4) is 5.75 Å². The van der Waals surface area contributed by atoms with E-state index in [1.165, 1.54) is 6.07 Å². The molecular weight excluding hydrogens is 266 g/mol. The fourth-order valence-corrected chi connectivity index (χ4v) is 2.01. The normalized spacial score (nSPS) is 11.0. The van der Waals surface area contributed by atoms with Crippen LogP contribution < -0.4 is 17.0 Å². The van der Waals surface area contributed by atoms with E-state index >= 15 is 0 Å². The van der Waals surface area contributed by atoms with Crippen LogP contribution in [0.2, 0.25) is 0 Å². The van der Waals surface area contributed by atoms with Crippen molar-refractivity contribution in [1.29, 1.82) is 0 Å². The van der Waals surface area contributed by atoms with Gasteiger partial charge in [0.25, 0.3) is 5.91 Å². The fraction of sp³-hybridized carbons (Fsp3) is 0. The van der Waals surface area contributed by atoms with Crippen LogP contribution in [0.4, 0.5) is 0 Å². The Labute approximate surface area is 109 Å². The Hall–Kier alpha value is -3.09. The topological polar surface area (TPSA) is 124 Å². The molecule has 0 radical (unpaired) electrons. The third-order valence-corrected chi connectivity index (χ3v) is 2.88. The van der Waals surface area contributed by atoms with E-state index in [0.717, 1.165) is 0 Å². The van der Waals surface area contributed by atoms with Gasteiger partial charge in [-0.2, -0.15) is 0 Å². The van der Waals surface area contributed by atoms with Crippen molar-refractivity contribution in [2.75, 3.05) is 0 Å². The summed E-state index contributed by atoms with van der Waals surface area (Å²) in [5.74, 6) is -2.02. The van der Waals surface area contributed by atoms with Gasteiger partial charge in [0.05, 0.1) is 5.39 Å². The molecular formula is C13H7NO6. The summed E-state index contributed by atoms with van der Waals surface area (Å²) in [4.78, 5) is 34.7. The maximum Gasteiger partial charge on any atom is 0.353 e. The first-order valence-corrected chi connectivity index (χ1v) is 5.52. The van der Waals surface area contributed by atoms with Gasteiger partial charge in [0.1, 0.15) is 11.0 Å². The number of rotatable bonds is 1. The van der Waals surface area contributed by atoms with Crippen LogP contribution in [0.1, 0.15) is 10.4 Å². The van der Waals surface area contributed by atoms with Gasteiger partial charge in [-0.1, -0.05) is 12.1 Å². The second kappa shape index (κ2) is 3.95. The predicted octanol–water partition coefficient (Wildman–Crippen LogP) is 0.704. The van der Waals surface area contributed by atoms with E-state index in [-0.39, 0.29) is 11.2 Å². The summed E-state index contributed by atoms with van der Waals surface area (Å²) in [6.45, 7) is 0. The SMILES string of the molecule is NC(=O)c1c(O)c2c(=O)oc3ccccc3c2oc1=O. The molecule has 2 aromatic heterocycles. The molecule has 20 heavy (non-hydrogen) atoms. The largest absolute Gasteiger partial charge is 0.506 e. The molecule has 7 nitrogen and oxygen atoms in total. The first-order valence-electron chi connectivity index (χ1n) is 5.52. The molecule has 0 unspecified atom stereocenters. The van der Waals surface area contributed by atoms with Crippen LogP contribution in [-0.2, 0) is 0 Å². The standard InChI is InChI=1S/C13H7NO6/c14-11(16)8-9(15)7-10(20-13(8)18)5-3-1-2-4-6(5)19-12(7)17/h1-4,15H,(H2,14,16). The summed E-state index contributed by atoms with van der Waals surface area (Å²) in [7, 11) is 0. The lowest BCUT2D eigenvalue weighted by Crippen LogP contribution is -2.22. The van der Waals surface area contributed by atoms with Gasteiger partial charge in [0.15, 0.2) is 16.9 Å². The molecule has 0 aliphatic heterocycles. The van der Waals surface area contributed by atoms with E-state index in [9.17, 15) is 19.5 Å². The number of carbonyl (C=O) groups is 1. The van der Waals surface area contributed by atoms with Crippen LogP contribution in [0.25, 0.3) is 21.9 Å². The number of aromatic hydroxyl groups is 1. The maximum atomic E-state index is 11.9. The first kappa shape index (κ1) is 12.0. The molecule has 7 heteroatoms. The molecule has 1 amide bonds. The highest BCUT2D eigenvalue weighted by Crippen LogP contribution is 2.28. The van der Waals surface area contributed by atoms with Crippen molar-refractivity contribution >= 4 is 27.8 Å². The van der Waals surface area contributed by atoms with Crippen molar-refractivity contribution in [2.45, 2.75) is 0 Å². The number of primary amides is 1. The Morgan fingerprint density at radius 1 is 1.10 bits per heavy atom. The second-order valence-electron chi connectivity index (χ2n) is 4.07. The highest BCUT2D eigenvalue weighted by Gasteiger charge is 2.23. The highest BCUT2D eigenvalue weighted by atomic mass is 16.4. The van der Waals surface area contributed by atoms with Gasteiger partial charge in [-0.05, 0) is 12.1 Å². The summed E-state index contributed by atoms with van der Waals surface area (Å²) in [6, 6.07) is 6.33. The Morgan fingerprint density at radius 3 is 2.50 bits per heavy atom. The maximum absolute atomic E-state index is 11.9. The van der Waals surface area contributed by atoms with Gasteiger partial charge < -0.3 is 19.7 Å². The van der Waals surface area contributed by atoms with E-state index in [1.54, 1.807) is 18.2 Å². The summed E-state index contributed by atoms with van der Waals surface area (Å²) < 4.78 is 9.95. The predicted molar refractivity (Wildman–Crippen MR) is 68.7 cm³/mol. The van der Waals surface area contributed by atoms with Crippen LogP contribution in [-0.4, -0.2) is 11.0 Å². The minimum absolute atomic E-state index is 0.149. The molecule has 0 fully saturated rings. The van der Waals surface area contributed by atoms with Crippen LogP contribution in [0.15, 0.2) is 42.7 Å². The third kappa shape index (κ3) is 1.50. The van der Waals surface area contributed by atoms with Gasteiger partial charge in [-0.15, -0.1) is 0 Å². The molecule has 100 valence electrons. The molecule has 1 aromatic carbocycles. The molecule has 0 bridgehead atoms. The van der Waals surface area contributed by atoms with Gasteiger partial charge in [-0.3, -0.25) is 4.79 Å². The lowest BCUT2D eigenvalue weighted by molar-refractivity contribution is 0.0994. The molecule has 0 saturated carbocycles. The smallest absolute Gasteiger partial charge is 0.353 e. The number of hydrogen-bond acceptors (Lipinski definition) is 6. The summed E-state index contributed by atoms with van der Waals surface area (Å²) in [5.41, 5.74) is 2.20. The number of hydrogen-bond donors (Lipinski definition) is 2. The average molecular weight is 273 g/mol. The van der Waals surface area contributed by atoms with Crippen LogP contribution in [0.3, 0.4) is 0 Å². The van der Waals surface area contributed by atoms with Crippen LogP contribution in [0.5, 0.6) is 5.75 Å². The van der Waals surface area contributed by atoms with E-state index in [1.807, 2.05) is 0 Å². The fourth-order valence-electron chi connectivity index (χ4n) is 2.01. The zero-order chi connectivity index (χ0) is 14.4. The molecule has 0 saturated heterocycles. The third-order valence-electron chi connectivity index (χ3n) is 2.88. The number of carbonyl (C=O) groups excluding carboxylic acids is 1. The van der Waals surface area contributed by atoms with Crippen LogP contribution >= 0.6 is 0 Å². The Balaban J connectivity index is 2.68. The molecule has 3 N–H and O–H groups in total. The highest BCUT2D eigenvalue weighted by molar-refractivity contribution is 6.06. The Bertz CT molecular complexity index is 982. The van der Waals surface area contributed by atoms with E-state index in [2.05, 4.69) is 0 Å².